The lowest BCUT2D eigenvalue weighted by Crippen LogP contribution is -2.68. The van der Waals surface area contributed by atoms with E-state index in [-0.39, 0.29) is 0 Å². The Kier molecular flexibility index (Phi) is 10.7. The van der Waals surface area contributed by atoms with Gasteiger partial charge in [0, 0.05) is 40.2 Å². The van der Waals surface area contributed by atoms with Gasteiger partial charge in [-0.25, -0.2) is 0 Å². The first-order valence-electron chi connectivity index (χ1n) is 11.5. The fraction of sp³-hybridized carbons (Fsp3) is 0.103. The lowest BCUT2D eigenvalue weighted by atomic mass is 10.2. The van der Waals surface area contributed by atoms with Crippen molar-refractivity contribution < 1.29 is 19.2 Å². The second kappa shape index (κ2) is 13.3. The lowest BCUT2D eigenvalue weighted by molar-refractivity contribution is -0.104. The monoisotopic (exact) mass is 778 g/mol. The minimum Gasteiger partial charge on any atom is -0.298 e. The van der Waals surface area contributed by atoms with Gasteiger partial charge in [0.05, 0.1) is 0 Å². The number of aldehydes is 4. The van der Waals surface area contributed by atoms with Gasteiger partial charge >= 0.3 is 0 Å². The minimum absolute atomic E-state index is 0.466. The fourth-order valence-corrected chi connectivity index (χ4v) is 10.6. The van der Waals surface area contributed by atoms with Crippen molar-refractivity contribution in [1.82, 2.24) is 0 Å². The first-order chi connectivity index (χ1) is 18.2. The highest BCUT2D eigenvalue weighted by atomic mass is 79.9. The highest BCUT2D eigenvalue weighted by Crippen LogP contribution is 2.26. The van der Waals surface area contributed by atoms with Gasteiger partial charge in [0.25, 0.3) is 0 Å². The second-order valence-electron chi connectivity index (χ2n) is 8.47. The van der Waals surface area contributed by atoms with Gasteiger partial charge < -0.3 is 0 Å². The third-order valence-electron chi connectivity index (χ3n) is 6.38. The summed E-state index contributed by atoms with van der Waals surface area (Å²) in [6, 6.07) is 16.8. The van der Waals surface area contributed by atoms with Crippen molar-refractivity contribution in [1.29, 1.82) is 0 Å². The largest absolute Gasteiger partial charge is 0.298 e. The molecule has 3 rings (SSSR count). The van der Waals surface area contributed by atoms with E-state index in [0.717, 1.165) is 50.4 Å². The first-order valence-corrected chi connectivity index (χ1v) is 16.6. The zero-order valence-electron chi connectivity index (χ0n) is 20.4. The van der Waals surface area contributed by atoms with E-state index < -0.39 is 8.07 Å². The zero-order valence-corrected chi connectivity index (χ0v) is 27.8. The molecule has 0 amide bonds. The number of carbonyl (C=O) groups excluding carboxylic acids is 4. The van der Waals surface area contributed by atoms with Crippen LogP contribution < -0.4 is 15.6 Å². The average Bonchev–Trinajstić information content (AvgIpc) is 2.93. The highest BCUT2D eigenvalue weighted by Gasteiger charge is 2.42. The van der Waals surface area contributed by atoms with Gasteiger partial charge in [-0.15, -0.1) is 0 Å². The summed E-state index contributed by atoms with van der Waals surface area (Å²) in [5.74, 6) is 0. The van der Waals surface area contributed by atoms with Crippen LogP contribution >= 0.6 is 63.7 Å². The molecule has 194 valence electrons. The molecule has 0 atom stereocenters. The van der Waals surface area contributed by atoms with Crippen LogP contribution in [0.1, 0.15) is 51.3 Å². The molecule has 9 heteroatoms. The molecule has 0 saturated heterocycles. The maximum atomic E-state index is 12.1. The van der Waals surface area contributed by atoms with Crippen molar-refractivity contribution in [2.45, 2.75) is 20.3 Å². The molecule has 0 fully saturated rings. The van der Waals surface area contributed by atoms with Gasteiger partial charge in [-0.05, 0) is 47.1 Å². The number of benzene rings is 3. The van der Waals surface area contributed by atoms with Crippen LogP contribution in [0.15, 0.2) is 89.3 Å². The Labute approximate surface area is 256 Å². The van der Waals surface area contributed by atoms with Crippen molar-refractivity contribution in [2.75, 3.05) is 0 Å². The number of hydrogen-bond acceptors (Lipinski definition) is 4. The van der Waals surface area contributed by atoms with E-state index in [9.17, 15) is 19.2 Å². The van der Waals surface area contributed by atoms with E-state index >= 15 is 0 Å². The third kappa shape index (κ3) is 5.92. The minimum atomic E-state index is -3.27. The van der Waals surface area contributed by atoms with E-state index in [0.29, 0.717) is 42.1 Å². The molecule has 3 aromatic rings. The van der Waals surface area contributed by atoms with E-state index in [1.807, 2.05) is 74.5 Å². The summed E-state index contributed by atoms with van der Waals surface area (Å²) < 4.78 is 2.71. The van der Waals surface area contributed by atoms with Gasteiger partial charge in [0.1, 0.15) is 0 Å². The Hall–Kier alpha value is -2.04. The summed E-state index contributed by atoms with van der Waals surface area (Å²) in [4.78, 5) is 48.1. The lowest BCUT2D eigenvalue weighted by Gasteiger charge is -2.36. The zero-order chi connectivity index (χ0) is 28.0. The van der Waals surface area contributed by atoms with Crippen LogP contribution in [-0.2, 0) is 4.79 Å². The van der Waals surface area contributed by atoms with E-state index in [1.165, 1.54) is 0 Å². The van der Waals surface area contributed by atoms with Gasteiger partial charge in [-0.3, -0.25) is 19.2 Å². The second-order valence-corrected chi connectivity index (χ2v) is 16.0. The number of rotatable bonds is 10. The van der Waals surface area contributed by atoms with Gasteiger partial charge in [-0.2, -0.15) is 0 Å². The Morgan fingerprint density at radius 2 is 1.08 bits per heavy atom. The molecule has 0 saturated carbocycles. The summed E-state index contributed by atoms with van der Waals surface area (Å²) in [6.45, 7) is 3.90. The SMILES string of the molecule is CC/C(Br)=C(C=O)\C=C(/C)[Si](c1ccc(Br)c(C=O)c1)(c1ccc(Br)c(C=O)c1)c1ccc(Br)c(C=O)c1. The van der Waals surface area contributed by atoms with Crippen LogP contribution in [0.25, 0.3) is 0 Å². The van der Waals surface area contributed by atoms with Crippen LogP contribution in [0.2, 0.25) is 0 Å². The molecule has 0 radical (unpaired) electrons. The molecular formula is C29H22Br4O4Si. The summed E-state index contributed by atoms with van der Waals surface area (Å²) in [5.41, 5.74) is 1.89. The predicted octanol–water partition coefficient (Wildman–Crippen LogP) is 6.63. The summed E-state index contributed by atoms with van der Waals surface area (Å²) in [7, 11) is -3.27. The smallest absolute Gasteiger partial charge is 0.175 e. The normalized spacial score (nSPS) is 12.5. The summed E-state index contributed by atoms with van der Waals surface area (Å²) >= 11 is 13.9. The van der Waals surface area contributed by atoms with E-state index in [4.69, 9.17) is 0 Å². The highest BCUT2D eigenvalue weighted by molar-refractivity contribution is 9.11. The molecule has 0 N–H and O–H groups in total. The number of halogens is 4. The van der Waals surface area contributed by atoms with Crippen molar-refractivity contribution in [2.24, 2.45) is 0 Å². The maximum Gasteiger partial charge on any atom is 0.175 e. The first kappa shape index (κ1) is 30.5. The average molecular weight is 782 g/mol. The van der Waals surface area contributed by atoms with Crippen molar-refractivity contribution >= 4 is 112 Å². The van der Waals surface area contributed by atoms with E-state index in [1.54, 1.807) is 0 Å². The molecule has 0 aromatic heterocycles. The topological polar surface area (TPSA) is 68.3 Å². The predicted molar refractivity (Wildman–Crippen MR) is 169 cm³/mol. The third-order valence-corrected chi connectivity index (χ3v) is 14.4. The van der Waals surface area contributed by atoms with Crippen molar-refractivity contribution in [3.8, 4) is 0 Å². The van der Waals surface area contributed by atoms with Crippen molar-refractivity contribution in [3.63, 3.8) is 0 Å². The van der Waals surface area contributed by atoms with Crippen LogP contribution in [0.3, 0.4) is 0 Å². The maximum absolute atomic E-state index is 12.1. The molecule has 4 nitrogen and oxygen atoms in total. The number of hydrogen-bond donors (Lipinski definition) is 0. The van der Waals surface area contributed by atoms with Crippen LogP contribution in [0, 0.1) is 0 Å². The van der Waals surface area contributed by atoms with Gasteiger partial charge in [-0.1, -0.05) is 118 Å². The Bertz CT molecular complexity index is 1350. The Balaban J connectivity index is 2.64. The molecule has 3 aromatic carbocycles. The molecule has 0 bridgehead atoms. The molecular weight excluding hydrogens is 760 g/mol. The van der Waals surface area contributed by atoms with Crippen molar-refractivity contribution in [3.05, 3.63) is 106 Å². The molecule has 0 spiro atoms. The Morgan fingerprint density at radius 1 is 0.711 bits per heavy atom. The summed E-state index contributed by atoms with van der Waals surface area (Å²) in [6.07, 6.45) is 5.65. The molecule has 0 unspecified atom stereocenters. The molecule has 38 heavy (non-hydrogen) atoms. The quantitative estimate of drug-likeness (QED) is 0.0763. The van der Waals surface area contributed by atoms with Gasteiger partial charge in [0.15, 0.2) is 33.2 Å². The van der Waals surface area contributed by atoms with E-state index in [2.05, 4.69) is 63.7 Å². The molecule has 0 aliphatic heterocycles. The molecule has 0 aliphatic carbocycles. The molecule has 0 heterocycles. The van der Waals surface area contributed by atoms with Gasteiger partial charge in [0.2, 0.25) is 0 Å². The van der Waals surface area contributed by atoms with Crippen LogP contribution in [0.4, 0.5) is 0 Å². The number of allylic oxidation sites excluding steroid dienone is 4. The summed E-state index contributed by atoms with van der Waals surface area (Å²) in [5, 5.41) is 3.44. The Morgan fingerprint density at radius 3 is 1.37 bits per heavy atom. The molecule has 0 aliphatic rings. The number of carbonyl (C=O) groups is 4. The standard InChI is InChI=1S/C29H22Br4O4Si/c1-3-26(30)19(14-34)10-18(2)38(23-4-7-27(31)20(11-23)15-35,24-5-8-28(32)21(12-24)16-36)25-6-9-29(33)22(13-25)17-37/h4-17H,3H2,1-2H3/b18-10+,26-19-. The van der Waals surface area contributed by atoms with Crippen LogP contribution in [-0.4, -0.2) is 33.2 Å². The van der Waals surface area contributed by atoms with Crippen LogP contribution in [0.5, 0.6) is 0 Å². The fourth-order valence-electron chi connectivity index (χ4n) is 4.51.